The Morgan fingerprint density at radius 1 is 1.50 bits per heavy atom. The van der Waals surface area contributed by atoms with E-state index in [1.54, 1.807) is 0 Å². The quantitative estimate of drug-likeness (QED) is 0.686. The molecule has 0 saturated carbocycles. The van der Waals surface area contributed by atoms with Gasteiger partial charge < -0.3 is 0 Å². The molecular formula is C7H5BrF3N. The highest BCUT2D eigenvalue weighted by atomic mass is 79.9. The van der Waals surface area contributed by atoms with Crippen molar-refractivity contribution in [3.63, 3.8) is 0 Å². The number of hydrogen-bond donors (Lipinski definition) is 0. The van der Waals surface area contributed by atoms with E-state index in [9.17, 15) is 13.2 Å². The molecule has 0 radical (unpaired) electrons. The van der Waals surface area contributed by atoms with Crippen LogP contribution in [0.3, 0.4) is 0 Å². The SMILES string of the molecule is Cc1c(F)ncc(C(F)F)c1Br. The van der Waals surface area contributed by atoms with Gasteiger partial charge in [0.15, 0.2) is 0 Å². The largest absolute Gasteiger partial charge is 0.266 e. The third-order valence-electron chi connectivity index (χ3n) is 1.44. The van der Waals surface area contributed by atoms with Crippen molar-refractivity contribution in [2.75, 3.05) is 0 Å². The molecule has 0 aliphatic heterocycles. The van der Waals surface area contributed by atoms with Crippen LogP contribution in [0.5, 0.6) is 0 Å². The summed E-state index contributed by atoms with van der Waals surface area (Å²) in [7, 11) is 0. The maximum absolute atomic E-state index is 12.6. The minimum Gasteiger partial charge on any atom is -0.228 e. The Morgan fingerprint density at radius 2 is 2.08 bits per heavy atom. The molecule has 0 N–H and O–H groups in total. The molecule has 0 aliphatic carbocycles. The average Bonchev–Trinajstić information content (AvgIpc) is 2.00. The predicted molar refractivity (Wildman–Crippen MR) is 41.6 cm³/mol. The molecule has 12 heavy (non-hydrogen) atoms. The summed E-state index contributed by atoms with van der Waals surface area (Å²) in [4.78, 5) is 3.18. The van der Waals surface area contributed by atoms with Gasteiger partial charge in [-0.15, -0.1) is 0 Å². The third kappa shape index (κ3) is 1.60. The van der Waals surface area contributed by atoms with E-state index in [1.807, 2.05) is 0 Å². The molecule has 0 aliphatic rings. The zero-order valence-corrected chi connectivity index (χ0v) is 7.70. The highest BCUT2D eigenvalue weighted by molar-refractivity contribution is 9.10. The molecule has 0 aromatic carbocycles. The molecule has 1 heterocycles. The van der Waals surface area contributed by atoms with Crippen LogP contribution in [-0.2, 0) is 0 Å². The number of hydrogen-bond acceptors (Lipinski definition) is 1. The first-order valence-electron chi connectivity index (χ1n) is 3.12. The summed E-state index contributed by atoms with van der Waals surface area (Å²) < 4.78 is 37.0. The second-order valence-electron chi connectivity index (χ2n) is 2.24. The molecule has 1 aromatic rings. The Hall–Kier alpha value is -0.580. The Bertz CT molecular complexity index is 301. The van der Waals surface area contributed by atoms with Crippen molar-refractivity contribution in [2.45, 2.75) is 13.3 Å². The summed E-state index contributed by atoms with van der Waals surface area (Å²) in [6.45, 7) is 1.39. The van der Waals surface area contributed by atoms with Gasteiger partial charge >= 0.3 is 0 Å². The molecule has 0 fully saturated rings. The van der Waals surface area contributed by atoms with Crippen LogP contribution in [0.1, 0.15) is 17.6 Å². The van der Waals surface area contributed by atoms with E-state index in [-0.39, 0.29) is 15.6 Å². The molecule has 0 bridgehead atoms. The zero-order chi connectivity index (χ0) is 9.30. The van der Waals surface area contributed by atoms with Gasteiger partial charge in [-0.25, -0.2) is 13.8 Å². The molecule has 0 amide bonds. The highest BCUT2D eigenvalue weighted by Crippen LogP contribution is 2.29. The lowest BCUT2D eigenvalue weighted by Crippen LogP contribution is -1.95. The minimum atomic E-state index is -2.63. The van der Waals surface area contributed by atoms with Crippen molar-refractivity contribution < 1.29 is 13.2 Å². The lowest BCUT2D eigenvalue weighted by Gasteiger charge is -2.05. The number of alkyl halides is 2. The van der Waals surface area contributed by atoms with Gasteiger partial charge in [-0.05, 0) is 22.9 Å². The first-order valence-corrected chi connectivity index (χ1v) is 3.92. The van der Waals surface area contributed by atoms with Crippen LogP contribution < -0.4 is 0 Å². The molecule has 1 nitrogen and oxygen atoms in total. The molecule has 1 aromatic heterocycles. The molecule has 5 heteroatoms. The van der Waals surface area contributed by atoms with Crippen molar-refractivity contribution >= 4 is 15.9 Å². The molecule has 0 atom stereocenters. The van der Waals surface area contributed by atoms with E-state index in [0.717, 1.165) is 6.20 Å². The van der Waals surface area contributed by atoms with Crippen LogP contribution in [0, 0.1) is 12.9 Å². The van der Waals surface area contributed by atoms with Crippen LogP contribution in [0.15, 0.2) is 10.7 Å². The topological polar surface area (TPSA) is 12.9 Å². The third-order valence-corrected chi connectivity index (χ3v) is 2.50. The van der Waals surface area contributed by atoms with Crippen LogP contribution in [0.25, 0.3) is 0 Å². The lowest BCUT2D eigenvalue weighted by molar-refractivity contribution is 0.149. The van der Waals surface area contributed by atoms with E-state index >= 15 is 0 Å². The molecule has 0 spiro atoms. The van der Waals surface area contributed by atoms with Gasteiger partial charge in [-0.2, -0.15) is 4.39 Å². The van der Waals surface area contributed by atoms with Crippen molar-refractivity contribution in [3.05, 3.63) is 27.7 Å². The summed E-state index contributed by atoms with van der Waals surface area (Å²) in [6.07, 6.45) is -1.80. The first kappa shape index (κ1) is 9.51. The lowest BCUT2D eigenvalue weighted by atomic mass is 10.2. The number of pyridine rings is 1. The summed E-state index contributed by atoms with van der Waals surface area (Å²) >= 11 is 2.87. The number of nitrogens with zero attached hydrogens (tertiary/aromatic N) is 1. The summed E-state index contributed by atoms with van der Waals surface area (Å²) in [5.74, 6) is -0.730. The van der Waals surface area contributed by atoms with Crippen molar-refractivity contribution in [3.8, 4) is 0 Å². The second-order valence-corrected chi connectivity index (χ2v) is 3.04. The maximum Gasteiger partial charge on any atom is 0.266 e. The number of aromatic nitrogens is 1. The van der Waals surface area contributed by atoms with E-state index in [2.05, 4.69) is 20.9 Å². The Kier molecular flexibility index (Phi) is 2.72. The maximum atomic E-state index is 12.6. The smallest absolute Gasteiger partial charge is 0.228 e. The fraction of sp³-hybridized carbons (Fsp3) is 0.286. The fourth-order valence-corrected chi connectivity index (χ4v) is 1.18. The standard InChI is InChI=1S/C7H5BrF3N/c1-3-5(8)4(6(9)10)2-12-7(3)11/h2,6H,1H3. The Balaban J connectivity index is 3.27. The number of rotatable bonds is 1. The molecule has 1 rings (SSSR count). The van der Waals surface area contributed by atoms with Crippen molar-refractivity contribution in [1.29, 1.82) is 0 Å². The van der Waals surface area contributed by atoms with Crippen LogP contribution in [-0.4, -0.2) is 4.98 Å². The van der Waals surface area contributed by atoms with E-state index < -0.39 is 12.4 Å². The van der Waals surface area contributed by atoms with E-state index in [1.165, 1.54) is 6.92 Å². The molecular weight excluding hydrogens is 235 g/mol. The monoisotopic (exact) mass is 239 g/mol. The van der Waals surface area contributed by atoms with Gasteiger partial charge in [0.2, 0.25) is 5.95 Å². The van der Waals surface area contributed by atoms with E-state index in [0.29, 0.717) is 0 Å². The Morgan fingerprint density at radius 3 is 2.58 bits per heavy atom. The minimum absolute atomic E-state index is 0.0880. The highest BCUT2D eigenvalue weighted by Gasteiger charge is 2.15. The summed E-state index contributed by atoms with van der Waals surface area (Å²) in [5, 5.41) is 0. The zero-order valence-electron chi connectivity index (χ0n) is 6.11. The van der Waals surface area contributed by atoms with Crippen molar-refractivity contribution in [1.82, 2.24) is 4.98 Å². The van der Waals surface area contributed by atoms with Gasteiger partial charge in [-0.1, -0.05) is 0 Å². The summed E-state index contributed by atoms with van der Waals surface area (Å²) in [6, 6.07) is 0. The van der Waals surface area contributed by atoms with Gasteiger partial charge in [0, 0.05) is 16.2 Å². The normalized spacial score (nSPS) is 10.8. The first-order chi connectivity index (χ1) is 5.54. The van der Waals surface area contributed by atoms with Gasteiger partial charge in [0.1, 0.15) is 0 Å². The van der Waals surface area contributed by atoms with Crippen LogP contribution >= 0.6 is 15.9 Å². The predicted octanol–water partition coefficient (Wildman–Crippen LogP) is 3.23. The van der Waals surface area contributed by atoms with E-state index in [4.69, 9.17) is 0 Å². The molecule has 0 saturated heterocycles. The van der Waals surface area contributed by atoms with Gasteiger partial charge in [0.25, 0.3) is 6.43 Å². The van der Waals surface area contributed by atoms with Crippen LogP contribution in [0.2, 0.25) is 0 Å². The van der Waals surface area contributed by atoms with Crippen molar-refractivity contribution in [2.24, 2.45) is 0 Å². The molecule has 66 valence electrons. The molecule has 0 unspecified atom stereocenters. The summed E-state index contributed by atoms with van der Waals surface area (Å²) in [5.41, 5.74) is -0.179. The number of halogens is 4. The fourth-order valence-electron chi connectivity index (χ4n) is 0.739. The van der Waals surface area contributed by atoms with Crippen LogP contribution in [0.4, 0.5) is 13.2 Å². The second kappa shape index (κ2) is 3.43. The average molecular weight is 240 g/mol. The van der Waals surface area contributed by atoms with Gasteiger partial charge in [-0.3, -0.25) is 0 Å². The Labute approximate surface area is 75.7 Å². The van der Waals surface area contributed by atoms with Gasteiger partial charge in [0.05, 0.1) is 5.56 Å².